The van der Waals surface area contributed by atoms with Crippen LogP contribution >= 0.6 is 23.1 Å². The highest BCUT2D eigenvalue weighted by atomic mass is 32.2. The Morgan fingerprint density at radius 3 is 2.61 bits per heavy atom. The van der Waals surface area contributed by atoms with Crippen molar-refractivity contribution in [2.24, 2.45) is 7.05 Å². The van der Waals surface area contributed by atoms with Crippen molar-refractivity contribution in [3.63, 3.8) is 0 Å². The molecule has 0 spiro atoms. The highest BCUT2D eigenvalue weighted by Gasteiger charge is 2.26. The third-order valence-electron chi connectivity index (χ3n) is 5.63. The number of thiophene rings is 1. The molecule has 0 aromatic carbocycles. The lowest BCUT2D eigenvalue weighted by molar-refractivity contribution is -0.128. The summed E-state index contributed by atoms with van der Waals surface area (Å²) in [7, 11) is 1.83. The summed E-state index contributed by atoms with van der Waals surface area (Å²) in [6, 6.07) is 0. The number of aromatic nitrogens is 2. The van der Waals surface area contributed by atoms with Crippen molar-refractivity contribution in [2.75, 3.05) is 36.8 Å². The number of rotatable bonds is 4. The molecule has 0 bridgehead atoms. The van der Waals surface area contributed by atoms with E-state index in [4.69, 9.17) is 4.98 Å². The zero-order valence-corrected chi connectivity index (χ0v) is 18.5. The van der Waals surface area contributed by atoms with Crippen LogP contribution in [0, 0.1) is 0 Å². The Bertz CT molecular complexity index is 942. The van der Waals surface area contributed by atoms with Crippen LogP contribution in [0.2, 0.25) is 0 Å². The number of fused-ring (bicyclic) bond motifs is 3. The van der Waals surface area contributed by atoms with Gasteiger partial charge in [0.25, 0.3) is 5.56 Å². The van der Waals surface area contributed by atoms with E-state index in [1.54, 1.807) is 27.7 Å². The molecule has 1 amide bonds. The van der Waals surface area contributed by atoms with Gasteiger partial charge < -0.3 is 9.80 Å². The summed E-state index contributed by atoms with van der Waals surface area (Å²) in [6.07, 6.45) is 4.44. The van der Waals surface area contributed by atoms with Crippen LogP contribution in [0.25, 0.3) is 10.2 Å². The molecule has 0 N–H and O–H groups in total. The van der Waals surface area contributed by atoms with Crippen LogP contribution in [0.5, 0.6) is 0 Å². The van der Waals surface area contributed by atoms with E-state index in [0.717, 1.165) is 48.5 Å². The van der Waals surface area contributed by atoms with Gasteiger partial charge in [-0.3, -0.25) is 14.2 Å². The lowest BCUT2D eigenvalue weighted by Crippen LogP contribution is -2.50. The fourth-order valence-corrected chi connectivity index (χ4v) is 5.95. The Morgan fingerprint density at radius 2 is 1.89 bits per heavy atom. The number of piperazine rings is 1. The second-order valence-electron chi connectivity index (χ2n) is 7.89. The van der Waals surface area contributed by atoms with Gasteiger partial charge in [-0.15, -0.1) is 23.1 Å². The molecule has 4 rings (SSSR count). The van der Waals surface area contributed by atoms with Gasteiger partial charge in [0.2, 0.25) is 11.9 Å². The minimum absolute atomic E-state index is 0.0752. The summed E-state index contributed by atoms with van der Waals surface area (Å²) in [4.78, 5) is 36.7. The quantitative estimate of drug-likeness (QED) is 0.761. The average Bonchev–Trinajstić information content (AvgIpc) is 3.07. The second kappa shape index (κ2) is 8.06. The molecule has 6 nitrogen and oxygen atoms in total. The van der Waals surface area contributed by atoms with E-state index in [-0.39, 0.29) is 11.5 Å². The molecule has 3 heterocycles. The Hall–Kier alpha value is -1.54. The van der Waals surface area contributed by atoms with Crippen LogP contribution in [-0.4, -0.2) is 57.5 Å². The number of hydrogen-bond donors (Lipinski definition) is 0. The molecule has 8 heteroatoms. The van der Waals surface area contributed by atoms with Gasteiger partial charge in [0.1, 0.15) is 4.83 Å². The highest BCUT2D eigenvalue weighted by molar-refractivity contribution is 8.00. The summed E-state index contributed by atoms with van der Waals surface area (Å²) >= 11 is 3.38. The minimum Gasteiger partial charge on any atom is -0.339 e. The fraction of sp³-hybridized carbons (Fsp3) is 0.650. The van der Waals surface area contributed by atoms with Crippen molar-refractivity contribution < 1.29 is 4.79 Å². The van der Waals surface area contributed by atoms with Crippen molar-refractivity contribution >= 4 is 45.2 Å². The fourth-order valence-electron chi connectivity index (χ4n) is 4.04. The summed E-state index contributed by atoms with van der Waals surface area (Å²) in [5.41, 5.74) is 1.32. The largest absolute Gasteiger partial charge is 0.339 e. The molecule has 1 saturated heterocycles. The van der Waals surface area contributed by atoms with Gasteiger partial charge in [-0.2, -0.15) is 0 Å². The van der Waals surface area contributed by atoms with Gasteiger partial charge >= 0.3 is 0 Å². The molecular formula is C20H28N4O2S2. The molecule has 0 unspecified atom stereocenters. The molecule has 1 fully saturated rings. The minimum atomic E-state index is 0.0752. The zero-order valence-electron chi connectivity index (χ0n) is 16.9. The molecule has 2 aromatic heterocycles. The Balaban J connectivity index is 1.53. The van der Waals surface area contributed by atoms with E-state index in [1.807, 2.05) is 11.9 Å². The first-order valence-corrected chi connectivity index (χ1v) is 12.0. The number of carbonyl (C=O) groups excluding carboxylic acids is 1. The van der Waals surface area contributed by atoms with Crippen LogP contribution in [0.4, 0.5) is 5.95 Å². The van der Waals surface area contributed by atoms with Crippen LogP contribution < -0.4 is 10.5 Å². The van der Waals surface area contributed by atoms with Gasteiger partial charge in [0, 0.05) is 38.1 Å². The molecule has 1 aliphatic heterocycles. The van der Waals surface area contributed by atoms with Gasteiger partial charge in [-0.05, 0) is 36.5 Å². The van der Waals surface area contributed by atoms with Crippen molar-refractivity contribution in [3.8, 4) is 0 Å². The number of nitrogens with zero attached hydrogens (tertiary/aromatic N) is 4. The maximum Gasteiger partial charge on any atom is 0.263 e. The summed E-state index contributed by atoms with van der Waals surface area (Å²) in [5.74, 6) is 1.49. The molecule has 1 aliphatic carbocycles. The molecule has 0 atom stereocenters. The van der Waals surface area contributed by atoms with Crippen molar-refractivity contribution in [2.45, 2.75) is 44.8 Å². The third-order valence-corrected chi connectivity index (χ3v) is 7.89. The molecule has 0 saturated carbocycles. The second-order valence-corrected chi connectivity index (χ2v) is 10.5. The Kier molecular flexibility index (Phi) is 5.69. The van der Waals surface area contributed by atoms with Crippen LogP contribution in [-0.2, 0) is 24.7 Å². The molecule has 2 aliphatic rings. The summed E-state index contributed by atoms with van der Waals surface area (Å²) in [6.45, 7) is 7.03. The van der Waals surface area contributed by atoms with Crippen LogP contribution in [0.1, 0.15) is 37.1 Å². The first kappa shape index (κ1) is 19.8. The third kappa shape index (κ3) is 3.68. The topological polar surface area (TPSA) is 58.4 Å². The van der Waals surface area contributed by atoms with Crippen LogP contribution in [0.3, 0.4) is 0 Å². The molecule has 152 valence electrons. The predicted octanol–water partition coefficient (Wildman–Crippen LogP) is 2.66. The van der Waals surface area contributed by atoms with Crippen LogP contribution in [0.15, 0.2) is 4.79 Å². The highest BCUT2D eigenvalue weighted by Crippen LogP contribution is 2.34. The maximum atomic E-state index is 13.1. The number of carbonyl (C=O) groups is 1. The normalized spacial score (nSPS) is 17.4. The van der Waals surface area contributed by atoms with Crippen molar-refractivity contribution in [1.29, 1.82) is 0 Å². The standard InChI is InChI=1S/C20H28N4O2S2/c1-13(2)27-12-16(25)23-8-10-24(11-9-23)20-21-18-17(19(26)22(20)3)14-6-4-5-7-15(14)28-18/h13H,4-12H2,1-3H3. The van der Waals surface area contributed by atoms with Gasteiger partial charge in [0.15, 0.2) is 0 Å². The van der Waals surface area contributed by atoms with Gasteiger partial charge in [-0.1, -0.05) is 13.8 Å². The predicted molar refractivity (Wildman–Crippen MR) is 118 cm³/mol. The van der Waals surface area contributed by atoms with E-state index in [9.17, 15) is 9.59 Å². The number of anilines is 1. The number of hydrogen-bond acceptors (Lipinski definition) is 6. The number of thioether (sulfide) groups is 1. The molecule has 28 heavy (non-hydrogen) atoms. The van der Waals surface area contributed by atoms with E-state index in [1.165, 1.54) is 16.9 Å². The van der Waals surface area contributed by atoms with E-state index in [2.05, 4.69) is 18.7 Å². The number of amides is 1. The van der Waals surface area contributed by atoms with Gasteiger partial charge in [-0.25, -0.2) is 4.98 Å². The first-order chi connectivity index (χ1) is 13.5. The lowest BCUT2D eigenvalue weighted by atomic mass is 9.97. The smallest absolute Gasteiger partial charge is 0.263 e. The summed E-state index contributed by atoms with van der Waals surface area (Å²) < 4.78 is 1.70. The first-order valence-electron chi connectivity index (χ1n) is 10.1. The van der Waals surface area contributed by atoms with Crippen molar-refractivity contribution in [1.82, 2.24) is 14.5 Å². The summed E-state index contributed by atoms with van der Waals surface area (Å²) in [5, 5.41) is 1.30. The average molecular weight is 421 g/mol. The Morgan fingerprint density at radius 1 is 1.18 bits per heavy atom. The number of aryl methyl sites for hydroxylation is 2. The van der Waals surface area contributed by atoms with E-state index < -0.39 is 0 Å². The molecule has 2 aromatic rings. The molecular weight excluding hydrogens is 392 g/mol. The SMILES string of the molecule is CC(C)SCC(=O)N1CCN(c2nc3sc4c(c3c(=O)n2C)CCCC4)CC1. The lowest BCUT2D eigenvalue weighted by Gasteiger charge is -2.35. The molecule has 0 radical (unpaired) electrons. The van der Waals surface area contributed by atoms with E-state index in [0.29, 0.717) is 24.1 Å². The maximum absolute atomic E-state index is 13.1. The van der Waals surface area contributed by atoms with E-state index >= 15 is 0 Å². The Labute approximate surface area is 173 Å². The van der Waals surface area contributed by atoms with Crippen molar-refractivity contribution in [3.05, 3.63) is 20.8 Å². The van der Waals surface area contributed by atoms with Gasteiger partial charge in [0.05, 0.1) is 11.1 Å². The monoisotopic (exact) mass is 420 g/mol. The zero-order chi connectivity index (χ0) is 19.8.